The Morgan fingerprint density at radius 2 is 1.68 bits per heavy atom. The first kappa shape index (κ1) is 24.3. The predicted molar refractivity (Wildman–Crippen MR) is 115 cm³/mol. The predicted octanol–water partition coefficient (Wildman–Crippen LogP) is 1.65. The Morgan fingerprint density at radius 1 is 1.06 bits per heavy atom. The van der Waals surface area contributed by atoms with Crippen molar-refractivity contribution in [3.63, 3.8) is 0 Å². The second-order valence-corrected chi connectivity index (χ2v) is 8.66. The molecule has 0 spiro atoms. The van der Waals surface area contributed by atoms with Crippen LogP contribution in [-0.4, -0.2) is 57.3 Å². The van der Waals surface area contributed by atoms with Crippen molar-refractivity contribution in [2.75, 3.05) is 25.5 Å². The van der Waals surface area contributed by atoms with Crippen LogP contribution < -0.4 is 10.0 Å². The zero-order chi connectivity index (χ0) is 23.0. The monoisotopic (exact) mass is 467 g/mol. The molecule has 31 heavy (non-hydrogen) atoms. The molecule has 2 aromatic carbocycles. The van der Waals surface area contributed by atoms with Crippen molar-refractivity contribution in [2.45, 2.75) is 17.9 Å². The molecule has 0 aliphatic heterocycles. The summed E-state index contributed by atoms with van der Waals surface area (Å²) in [5.74, 6) is -2.05. The van der Waals surface area contributed by atoms with Gasteiger partial charge in [-0.1, -0.05) is 41.9 Å². The van der Waals surface area contributed by atoms with Crippen LogP contribution in [0.4, 0.5) is 5.69 Å². The quantitative estimate of drug-likeness (QED) is 0.541. The number of rotatable bonds is 9. The number of carbonyl (C=O) groups is 3. The summed E-state index contributed by atoms with van der Waals surface area (Å²) in [5, 5.41) is 2.92. The van der Waals surface area contributed by atoms with Gasteiger partial charge in [-0.15, -0.1) is 0 Å². The standard InChI is InChI=1S/C20H22ClN3O6S/c1-14(23-31(28,29)15-8-4-3-5-9-15)20(27)30-13-19(26)24(2)12-18(25)22-17-11-7-6-10-16(17)21/h3-11,14,23H,12-13H2,1-2H3,(H,22,25). The van der Waals surface area contributed by atoms with Gasteiger partial charge >= 0.3 is 5.97 Å². The second kappa shape index (κ2) is 10.9. The van der Waals surface area contributed by atoms with E-state index >= 15 is 0 Å². The van der Waals surface area contributed by atoms with E-state index in [-0.39, 0.29) is 11.4 Å². The number of anilines is 1. The summed E-state index contributed by atoms with van der Waals surface area (Å²) in [6.45, 7) is 0.359. The Kier molecular flexibility index (Phi) is 8.55. The van der Waals surface area contributed by atoms with E-state index in [0.717, 1.165) is 4.90 Å². The number of hydrogen-bond acceptors (Lipinski definition) is 6. The van der Waals surface area contributed by atoms with Crippen LogP contribution in [0.3, 0.4) is 0 Å². The molecule has 0 heterocycles. The molecule has 0 aliphatic carbocycles. The van der Waals surface area contributed by atoms with E-state index < -0.39 is 40.5 Å². The normalized spacial score (nSPS) is 12.0. The maximum absolute atomic E-state index is 12.2. The number of benzene rings is 2. The fourth-order valence-corrected chi connectivity index (χ4v) is 3.77. The lowest BCUT2D eigenvalue weighted by atomic mass is 10.3. The van der Waals surface area contributed by atoms with Crippen LogP contribution in [-0.2, 0) is 29.1 Å². The van der Waals surface area contributed by atoms with Gasteiger partial charge in [0.1, 0.15) is 6.04 Å². The van der Waals surface area contributed by atoms with Gasteiger partial charge in [-0.25, -0.2) is 8.42 Å². The zero-order valence-electron chi connectivity index (χ0n) is 16.9. The number of halogens is 1. The Hall–Kier alpha value is -2.95. The van der Waals surface area contributed by atoms with E-state index in [4.69, 9.17) is 16.3 Å². The molecule has 0 radical (unpaired) electrons. The molecule has 166 valence electrons. The van der Waals surface area contributed by atoms with E-state index in [1.807, 2.05) is 0 Å². The van der Waals surface area contributed by atoms with Gasteiger partial charge in [0.05, 0.1) is 22.2 Å². The first-order chi connectivity index (χ1) is 14.6. The largest absolute Gasteiger partial charge is 0.454 e. The van der Waals surface area contributed by atoms with Gasteiger partial charge in [-0.05, 0) is 31.2 Å². The Bertz CT molecular complexity index is 1050. The smallest absolute Gasteiger partial charge is 0.324 e. The van der Waals surface area contributed by atoms with Crippen molar-refractivity contribution in [1.82, 2.24) is 9.62 Å². The number of para-hydroxylation sites is 1. The lowest BCUT2D eigenvalue weighted by Crippen LogP contribution is -2.42. The number of hydrogen-bond donors (Lipinski definition) is 2. The summed E-state index contributed by atoms with van der Waals surface area (Å²) >= 11 is 5.96. The molecule has 9 nitrogen and oxygen atoms in total. The topological polar surface area (TPSA) is 122 Å². The molecule has 2 N–H and O–H groups in total. The van der Waals surface area contributed by atoms with E-state index in [0.29, 0.717) is 10.7 Å². The van der Waals surface area contributed by atoms with Crippen molar-refractivity contribution >= 4 is 45.1 Å². The summed E-state index contributed by atoms with van der Waals surface area (Å²) in [5.41, 5.74) is 0.404. The van der Waals surface area contributed by atoms with Crippen LogP contribution >= 0.6 is 11.6 Å². The number of amides is 2. The minimum absolute atomic E-state index is 0.00464. The Balaban J connectivity index is 1.82. The molecule has 0 aliphatic rings. The van der Waals surface area contributed by atoms with Gasteiger partial charge in [-0.2, -0.15) is 4.72 Å². The maximum Gasteiger partial charge on any atom is 0.324 e. The van der Waals surface area contributed by atoms with Crippen molar-refractivity contribution in [2.24, 2.45) is 0 Å². The highest BCUT2D eigenvalue weighted by Gasteiger charge is 2.24. The van der Waals surface area contributed by atoms with Crippen LogP contribution in [0.2, 0.25) is 5.02 Å². The highest BCUT2D eigenvalue weighted by atomic mass is 35.5. The minimum atomic E-state index is -3.92. The van der Waals surface area contributed by atoms with E-state index in [1.54, 1.807) is 42.5 Å². The highest BCUT2D eigenvalue weighted by molar-refractivity contribution is 7.89. The minimum Gasteiger partial charge on any atom is -0.454 e. The number of sulfonamides is 1. The van der Waals surface area contributed by atoms with Crippen molar-refractivity contribution in [1.29, 1.82) is 0 Å². The first-order valence-electron chi connectivity index (χ1n) is 9.12. The zero-order valence-corrected chi connectivity index (χ0v) is 18.4. The summed E-state index contributed by atoms with van der Waals surface area (Å²) in [7, 11) is -2.55. The van der Waals surface area contributed by atoms with Crippen LogP contribution in [0.5, 0.6) is 0 Å². The van der Waals surface area contributed by atoms with Gasteiger partial charge in [0, 0.05) is 7.05 Å². The molecule has 0 saturated heterocycles. The third-order valence-corrected chi connectivity index (χ3v) is 5.92. The van der Waals surface area contributed by atoms with E-state index in [1.165, 1.54) is 26.1 Å². The molecule has 0 fully saturated rings. The average molecular weight is 468 g/mol. The summed E-state index contributed by atoms with van der Waals surface area (Å²) in [4.78, 5) is 37.3. The molecule has 1 unspecified atom stereocenters. The molecule has 2 aromatic rings. The fraction of sp³-hybridized carbons (Fsp3) is 0.250. The third kappa shape index (κ3) is 7.35. The van der Waals surface area contributed by atoms with E-state index in [9.17, 15) is 22.8 Å². The summed E-state index contributed by atoms with van der Waals surface area (Å²) < 4.78 is 31.5. The second-order valence-electron chi connectivity index (χ2n) is 6.54. The molecule has 2 rings (SSSR count). The fourth-order valence-electron chi connectivity index (χ4n) is 2.37. The molecular formula is C20H22ClN3O6S. The van der Waals surface area contributed by atoms with Crippen LogP contribution in [0, 0.1) is 0 Å². The van der Waals surface area contributed by atoms with Crippen molar-refractivity contribution < 1.29 is 27.5 Å². The molecule has 2 amide bonds. The number of nitrogens with one attached hydrogen (secondary N) is 2. The summed E-state index contributed by atoms with van der Waals surface area (Å²) in [6.07, 6.45) is 0. The molecule has 0 saturated carbocycles. The van der Waals surface area contributed by atoms with Crippen LogP contribution in [0.25, 0.3) is 0 Å². The Morgan fingerprint density at radius 3 is 2.32 bits per heavy atom. The number of ether oxygens (including phenoxy) is 1. The van der Waals surface area contributed by atoms with Crippen molar-refractivity contribution in [3.8, 4) is 0 Å². The van der Waals surface area contributed by atoms with Gasteiger partial charge in [0.25, 0.3) is 5.91 Å². The lowest BCUT2D eigenvalue weighted by molar-refractivity contribution is -0.152. The molecule has 1 atom stereocenters. The van der Waals surface area contributed by atoms with Gasteiger partial charge in [0.2, 0.25) is 15.9 Å². The number of likely N-dealkylation sites (N-methyl/N-ethyl adjacent to an activating group) is 1. The first-order valence-corrected chi connectivity index (χ1v) is 11.0. The highest BCUT2D eigenvalue weighted by Crippen LogP contribution is 2.20. The average Bonchev–Trinajstić information content (AvgIpc) is 2.73. The molecular weight excluding hydrogens is 446 g/mol. The molecule has 0 bridgehead atoms. The molecule has 0 aromatic heterocycles. The van der Waals surface area contributed by atoms with Crippen LogP contribution in [0.15, 0.2) is 59.5 Å². The van der Waals surface area contributed by atoms with Crippen LogP contribution in [0.1, 0.15) is 6.92 Å². The third-order valence-electron chi connectivity index (χ3n) is 4.03. The van der Waals surface area contributed by atoms with Gasteiger partial charge < -0.3 is 15.0 Å². The van der Waals surface area contributed by atoms with Gasteiger partial charge in [-0.3, -0.25) is 14.4 Å². The molecule has 11 heteroatoms. The van der Waals surface area contributed by atoms with Gasteiger partial charge in [0.15, 0.2) is 6.61 Å². The summed E-state index contributed by atoms with van der Waals surface area (Å²) in [6, 6.07) is 12.9. The number of carbonyl (C=O) groups excluding carboxylic acids is 3. The Labute approximate surface area is 185 Å². The SMILES string of the molecule is CC(NS(=O)(=O)c1ccccc1)C(=O)OCC(=O)N(C)CC(=O)Nc1ccccc1Cl. The van der Waals surface area contributed by atoms with E-state index in [2.05, 4.69) is 10.0 Å². The van der Waals surface area contributed by atoms with Crippen molar-refractivity contribution in [3.05, 3.63) is 59.6 Å². The maximum atomic E-state index is 12.2. The number of esters is 1. The lowest BCUT2D eigenvalue weighted by Gasteiger charge is -2.18. The number of nitrogens with zero attached hydrogens (tertiary/aromatic N) is 1.